The van der Waals surface area contributed by atoms with Crippen LogP contribution in [0.25, 0.3) is 0 Å². The fourth-order valence-electron chi connectivity index (χ4n) is 1.96. The molecule has 0 amide bonds. The summed E-state index contributed by atoms with van der Waals surface area (Å²) in [5, 5.41) is 6.77. The molecule has 2 atom stereocenters. The summed E-state index contributed by atoms with van der Waals surface area (Å²) < 4.78 is 5.69. The van der Waals surface area contributed by atoms with E-state index in [4.69, 9.17) is 4.74 Å². The van der Waals surface area contributed by atoms with Gasteiger partial charge in [-0.1, -0.05) is 0 Å². The van der Waals surface area contributed by atoms with Crippen LogP contribution in [-0.2, 0) is 4.74 Å². The van der Waals surface area contributed by atoms with Crippen molar-refractivity contribution in [2.75, 3.05) is 13.2 Å². The summed E-state index contributed by atoms with van der Waals surface area (Å²) in [6, 6.07) is 0.329. The fourth-order valence-corrected chi connectivity index (χ4v) is 2.67. The molecule has 0 aromatic carbocycles. The van der Waals surface area contributed by atoms with E-state index in [0.717, 1.165) is 23.9 Å². The summed E-state index contributed by atoms with van der Waals surface area (Å²) in [7, 11) is 0. The number of aromatic nitrogens is 1. The molecule has 16 heavy (non-hydrogen) atoms. The lowest BCUT2D eigenvalue weighted by Crippen LogP contribution is -2.33. The van der Waals surface area contributed by atoms with Gasteiger partial charge in [0.1, 0.15) is 0 Å². The number of nitrogens with zero attached hydrogens (tertiary/aromatic N) is 1. The highest BCUT2D eigenvalue weighted by atomic mass is 32.1. The second-order valence-electron chi connectivity index (χ2n) is 4.41. The summed E-state index contributed by atoms with van der Waals surface area (Å²) in [4.78, 5) is 4.49. The normalized spacial score (nSPS) is 23.2. The molecule has 2 rings (SSSR count). The minimum Gasteiger partial charge on any atom is -0.377 e. The Hall–Kier alpha value is -0.450. The SMILES string of the molecule is Cc1nc(C(C)NCC2CCCCO2)cs1. The zero-order valence-corrected chi connectivity index (χ0v) is 10.8. The molecule has 2 heterocycles. The predicted molar refractivity (Wildman–Crippen MR) is 66.9 cm³/mol. The van der Waals surface area contributed by atoms with Gasteiger partial charge in [-0.2, -0.15) is 0 Å². The number of thiazole rings is 1. The first-order valence-electron chi connectivity index (χ1n) is 6.02. The largest absolute Gasteiger partial charge is 0.377 e. The van der Waals surface area contributed by atoms with Crippen LogP contribution in [0.5, 0.6) is 0 Å². The molecule has 1 aromatic heterocycles. The Balaban J connectivity index is 1.76. The van der Waals surface area contributed by atoms with Crippen molar-refractivity contribution in [3.8, 4) is 0 Å². The average molecular weight is 240 g/mol. The highest BCUT2D eigenvalue weighted by Gasteiger charge is 2.15. The van der Waals surface area contributed by atoms with E-state index < -0.39 is 0 Å². The number of nitrogens with one attached hydrogen (secondary N) is 1. The number of ether oxygens (including phenoxy) is 1. The minimum absolute atomic E-state index is 0.329. The van der Waals surface area contributed by atoms with Crippen molar-refractivity contribution in [3.05, 3.63) is 16.1 Å². The fraction of sp³-hybridized carbons (Fsp3) is 0.750. The number of rotatable bonds is 4. The number of aryl methyl sites for hydroxylation is 1. The van der Waals surface area contributed by atoms with Gasteiger partial charge >= 0.3 is 0 Å². The van der Waals surface area contributed by atoms with Crippen molar-refractivity contribution >= 4 is 11.3 Å². The topological polar surface area (TPSA) is 34.2 Å². The molecule has 0 radical (unpaired) electrons. The third-order valence-corrected chi connectivity index (χ3v) is 3.80. The van der Waals surface area contributed by atoms with Gasteiger partial charge in [0.25, 0.3) is 0 Å². The lowest BCUT2D eigenvalue weighted by atomic mass is 10.1. The highest BCUT2D eigenvalue weighted by Crippen LogP contribution is 2.17. The Kier molecular flexibility index (Phi) is 4.32. The monoisotopic (exact) mass is 240 g/mol. The number of hydrogen-bond donors (Lipinski definition) is 1. The van der Waals surface area contributed by atoms with E-state index in [0.29, 0.717) is 12.1 Å². The maximum Gasteiger partial charge on any atom is 0.0898 e. The molecule has 1 aliphatic heterocycles. The van der Waals surface area contributed by atoms with Gasteiger partial charge in [0.05, 0.1) is 16.8 Å². The summed E-state index contributed by atoms with van der Waals surface area (Å²) in [6.07, 6.45) is 4.11. The molecule has 1 N–H and O–H groups in total. The van der Waals surface area contributed by atoms with Crippen molar-refractivity contribution < 1.29 is 4.74 Å². The summed E-state index contributed by atoms with van der Waals surface area (Å²) >= 11 is 1.71. The van der Waals surface area contributed by atoms with Crippen LogP contribution in [0.4, 0.5) is 0 Å². The maximum absolute atomic E-state index is 5.69. The van der Waals surface area contributed by atoms with Crippen molar-refractivity contribution in [2.24, 2.45) is 0 Å². The van der Waals surface area contributed by atoms with E-state index in [9.17, 15) is 0 Å². The molecular weight excluding hydrogens is 220 g/mol. The first kappa shape index (κ1) is 12.0. The maximum atomic E-state index is 5.69. The van der Waals surface area contributed by atoms with Gasteiger partial charge in [-0.3, -0.25) is 0 Å². The van der Waals surface area contributed by atoms with Gasteiger partial charge in [-0.25, -0.2) is 4.98 Å². The van der Waals surface area contributed by atoms with E-state index in [1.165, 1.54) is 19.3 Å². The third-order valence-electron chi connectivity index (χ3n) is 3.01. The Labute approximate surface area is 101 Å². The summed E-state index contributed by atoms with van der Waals surface area (Å²) in [5.74, 6) is 0. The van der Waals surface area contributed by atoms with Gasteiger partial charge in [0, 0.05) is 24.6 Å². The molecule has 1 fully saturated rings. The zero-order chi connectivity index (χ0) is 11.4. The smallest absolute Gasteiger partial charge is 0.0898 e. The first-order valence-corrected chi connectivity index (χ1v) is 6.90. The molecule has 1 aromatic rings. The van der Waals surface area contributed by atoms with E-state index in [2.05, 4.69) is 22.6 Å². The van der Waals surface area contributed by atoms with Crippen molar-refractivity contribution in [2.45, 2.75) is 45.3 Å². The average Bonchev–Trinajstić information content (AvgIpc) is 2.74. The first-order chi connectivity index (χ1) is 7.75. The molecule has 1 saturated heterocycles. The standard InChI is InChI=1S/C12H20N2OS/c1-9(12-8-16-10(2)14-12)13-7-11-5-3-4-6-15-11/h8-9,11,13H,3-7H2,1-2H3. The molecule has 1 aliphatic rings. The van der Waals surface area contributed by atoms with E-state index >= 15 is 0 Å². The number of hydrogen-bond acceptors (Lipinski definition) is 4. The zero-order valence-electron chi connectivity index (χ0n) is 10.0. The van der Waals surface area contributed by atoms with Gasteiger partial charge in [-0.15, -0.1) is 11.3 Å². The van der Waals surface area contributed by atoms with Crippen molar-refractivity contribution in [1.82, 2.24) is 10.3 Å². The Morgan fingerprint density at radius 1 is 1.62 bits per heavy atom. The van der Waals surface area contributed by atoms with Gasteiger partial charge < -0.3 is 10.1 Å². The second-order valence-corrected chi connectivity index (χ2v) is 5.47. The van der Waals surface area contributed by atoms with Gasteiger partial charge in [-0.05, 0) is 33.1 Å². The van der Waals surface area contributed by atoms with Crippen LogP contribution in [0.3, 0.4) is 0 Å². The molecular formula is C12H20N2OS. The Morgan fingerprint density at radius 2 is 2.50 bits per heavy atom. The van der Waals surface area contributed by atoms with Gasteiger partial charge in [0.15, 0.2) is 0 Å². The molecule has 0 aliphatic carbocycles. The second kappa shape index (κ2) is 5.75. The molecule has 0 saturated carbocycles. The Morgan fingerprint density at radius 3 is 3.12 bits per heavy atom. The summed E-state index contributed by atoms with van der Waals surface area (Å²) in [5.41, 5.74) is 1.15. The van der Waals surface area contributed by atoms with Crippen LogP contribution >= 0.6 is 11.3 Å². The molecule has 0 bridgehead atoms. The molecule has 2 unspecified atom stereocenters. The van der Waals surface area contributed by atoms with Crippen LogP contribution < -0.4 is 5.32 Å². The van der Waals surface area contributed by atoms with Gasteiger partial charge in [0.2, 0.25) is 0 Å². The van der Waals surface area contributed by atoms with E-state index in [1.807, 2.05) is 6.92 Å². The van der Waals surface area contributed by atoms with Crippen LogP contribution in [0.1, 0.15) is 42.9 Å². The lowest BCUT2D eigenvalue weighted by molar-refractivity contribution is 0.0156. The van der Waals surface area contributed by atoms with Crippen LogP contribution in [0.15, 0.2) is 5.38 Å². The van der Waals surface area contributed by atoms with Crippen LogP contribution in [-0.4, -0.2) is 24.2 Å². The quantitative estimate of drug-likeness (QED) is 0.878. The minimum atomic E-state index is 0.329. The van der Waals surface area contributed by atoms with Crippen LogP contribution in [0.2, 0.25) is 0 Å². The molecule has 0 spiro atoms. The van der Waals surface area contributed by atoms with Crippen molar-refractivity contribution in [1.29, 1.82) is 0 Å². The lowest BCUT2D eigenvalue weighted by Gasteiger charge is -2.24. The Bertz CT molecular complexity index is 321. The highest BCUT2D eigenvalue weighted by molar-refractivity contribution is 7.09. The van der Waals surface area contributed by atoms with Crippen molar-refractivity contribution in [3.63, 3.8) is 0 Å². The summed E-state index contributed by atoms with van der Waals surface area (Å²) in [6.45, 7) is 6.08. The van der Waals surface area contributed by atoms with E-state index in [-0.39, 0.29) is 0 Å². The van der Waals surface area contributed by atoms with Crippen LogP contribution in [0, 0.1) is 6.92 Å². The van der Waals surface area contributed by atoms with E-state index in [1.54, 1.807) is 11.3 Å². The third kappa shape index (κ3) is 3.27. The molecule has 3 nitrogen and oxygen atoms in total. The predicted octanol–water partition coefficient (Wildman–Crippen LogP) is 2.67. The molecule has 90 valence electrons. The molecule has 4 heteroatoms.